The molecule has 2 aromatic heterocycles. The van der Waals surface area contributed by atoms with Crippen molar-refractivity contribution >= 4 is 28.4 Å². The Morgan fingerprint density at radius 1 is 1.29 bits per heavy atom. The van der Waals surface area contributed by atoms with Crippen LogP contribution in [-0.4, -0.2) is 15.5 Å². The van der Waals surface area contributed by atoms with Crippen LogP contribution in [0.3, 0.4) is 0 Å². The van der Waals surface area contributed by atoms with Crippen LogP contribution in [-0.2, 0) is 13.1 Å². The van der Waals surface area contributed by atoms with E-state index in [1.807, 2.05) is 23.6 Å². The molecule has 0 saturated heterocycles. The second-order valence-corrected chi connectivity index (χ2v) is 5.76. The molecular formula is C18H16ClN3O2. The van der Waals surface area contributed by atoms with Crippen LogP contribution < -0.4 is 10.7 Å². The number of hydrogen-bond acceptors (Lipinski definition) is 3. The van der Waals surface area contributed by atoms with Crippen molar-refractivity contribution in [3.8, 4) is 0 Å². The van der Waals surface area contributed by atoms with Gasteiger partial charge in [0.05, 0.1) is 17.8 Å². The third-order valence-corrected chi connectivity index (χ3v) is 4.02. The largest absolute Gasteiger partial charge is 0.347 e. The van der Waals surface area contributed by atoms with E-state index in [-0.39, 0.29) is 17.5 Å². The number of nitrogens with one attached hydrogen (secondary N) is 1. The number of amides is 1. The number of carbonyl (C=O) groups is 1. The van der Waals surface area contributed by atoms with Crippen molar-refractivity contribution < 1.29 is 4.79 Å². The maximum absolute atomic E-state index is 12.7. The summed E-state index contributed by atoms with van der Waals surface area (Å²) in [6.45, 7) is 2.85. The molecule has 5 nitrogen and oxygen atoms in total. The Morgan fingerprint density at radius 3 is 2.83 bits per heavy atom. The van der Waals surface area contributed by atoms with E-state index in [2.05, 4.69) is 10.3 Å². The Kier molecular flexibility index (Phi) is 4.62. The zero-order valence-electron chi connectivity index (χ0n) is 13.1. The van der Waals surface area contributed by atoms with E-state index in [4.69, 9.17) is 11.6 Å². The van der Waals surface area contributed by atoms with E-state index in [0.717, 1.165) is 11.2 Å². The summed E-state index contributed by atoms with van der Waals surface area (Å²) in [4.78, 5) is 29.3. The molecule has 1 N–H and O–H groups in total. The van der Waals surface area contributed by atoms with Gasteiger partial charge in [0.15, 0.2) is 0 Å². The molecule has 2 heterocycles. The van der Waals surface area contributed by atoms with Gasteiger partial charge in [-0.1, -0.05) is 17.7 Å². The minimum absolute atomic E-state index is 0.0996. The second-order valence-electron chi connectivity index (χ2n) is 5.32. The summed E-state index contributed by atoms with van der Waals surface area (Å²) < 4.78 is 1.86. The summed E-state index contributed by atoms with van der Waals surface area (Å²) in [5.41, 5.74) is 1.26. The number of aryl methyl sites for hydroxylation is 1. The molecule has 0 aliphatic heterocycles. The smallest absolute Gasteiger partial charge is 0.257 e. The van der Waals surface area contributed by atoms with Gasteiger partial charge in [0.25, 0.3) is 5.91 Å². The van der Waals surface area contributed by atoms with Crippen LogP contribution in [0.15, 0.2) is 53.6 Å². The van der Waals surface area contributed by atoms with Crippen molar-refractivity contribution in [2.24, 2.45) is 0 Å². The van der Waals surface area contributed by atoms with Crippen LogP contribution in [0.25, 0.3) is 10.9 Å². The summed E-state index contributed by atoms with van der Waals surface area (Å²) in [5, 5.41) is 3.64. The van der Waals surface area contributed by atoms with Crippen molar-refractivity contribution in [3.63, 3.8) is 0 Å². The van der Waals surface area contributed by atoms with E-state index in [1.165, 1.54) is 0 Å². The topological polar surface area (TPSA) is 64.0 Å². The average Bonchev–Trinajstić information content (AvgIpc) is 2.61. The maximum Gasteiger partial charge on any atom is 0.257 e. The number of halogens is 1. The second kappa shape index (κ2) is 6.84. The number of rotatable bonds is 4. The molecule has 6 heteroatoms. The Bertz CT molecular complexity index is 952. The summed E-state index contributed by atoms with van der Waals surface area (Å²) >= 11 is 6.00. The lowest BCUT2D eigenvalue weighted by Gasteiger charge is -2.12. The Morgan fingerprint density at radius 2 is 2.12 bits per heavy atom. The first-order chi connectivity index (χ1) is 11.6. The van der Waals surface area contributed by atoms with Crippen LogP contribution in [0, 0.1) is 0 Å². The molecule has 0 unspecified atom stereocenters. The minimum Gasteiger partial charge on any atom is -0.347 e. The highest BCUT2D eigenvalue weighted by molar-refractivity contribution is 6.31. The van der Waals surface area contributed by atoms with Crippen LogP contribution in [0.4, 0.5) is 0 Å². The lowest BCUT2D eigenvalue weighted by atomic mass is 10.1. The van der Waals surface area contributed by atoms with Crippen LogP contribution in [0.1, 0.15) is 23.0 Å². The molecule has 3 rings (SSSR count). The molecular weight excluding hydrogens is 326 g/mol. The number of hydrogen-bond donors (Lipinski definition) is 1. The fraction of sp³-hybridized carbons (Fsp3) is 0.167. The number of nitrogens with zero attached hydrogens (tertiary/aromatic N) is 2. The van der Waals surface area contributed by atoms with Crippen molar-refractivity contribution in [1.29, 1.82) is 0 Å². The zero-order chi connectivity index (χ0) is 17.1. The molecule has 0 aliphatic carbocycles. The Labute approximate surface area is 143 Å². The van der Waals surface area contributed by atoms with Gasteiger partial charge in [-0.2, -0.15) is 0 Å². The lowest BCUT2D eigenvalue weighted by Crippen LogP contribution is -2.29. The third-order valence-electron chi connectivity index (χ3n) is 3.78. The minimum atomic E-state index is -0.422. The Balaban J connectivity index is 1.98. The average molecular weight is 342 g/mol. The summed E-state index contributed by atoms with van der Waals surface area (Å²) in [6, 6.07) is 10.6. The molecule has 0 bridgehead atoms. The van der Waals surface area contributed by atoms with E-state index >= 15 is 0 Å². The number of benzene rings is 1. The van der Waals surface area contributed by atoms with Gasteiger partial charge in [-0.3, -0.25) is 14.6 Å². The van der Waals surface area contributed by atoms with Crippen molar-refractivity contribution in [3.05, 3.63) is 75.3 Å². The maximum atomic E-state index is 12.7. The number of fused-ring (bicyclic) bond motifs is 1. The van der Waals surface area contributed by atoms with Gasteiger partial charge in [0.1, 0.15) is 5.56 Å². The van der Waals surface area contributed by atoms with Gasteiger partial charge in [0, 0.05) is 29.3 Å². The first-order valence-electron chi connectivity index (χ1n) is 7.61. The molecule has 0 saturated carbocycles. The van der Waals surface area contributed by atoms with Gasteiger partial charge >= 0.3 is 0 Å². The Hall–Kier alpha value is -2.66. The summed E-state index contributed by atoms with van der Waals surface area (Å²) in [6.07, 6.45) is 3.25. The lowest BCUT2D eigenvalue weighted by molar-refractivity contribution is 0.0949. The SMILES string of the molecule is CCn1cc(C(=O)NCc2ccccn2)c(=O)c2cc(Cl)ccc21. The first-order valence-corrected chi connectivity index (χ1v) is 7.98. The van der Waals surface area contributed by atoms with Crippen LogP contribution >= 0.6 is 11.6 Å². The fourth-order valence-electron chi connectivity index (χ4n) is 2.56. The van der Waals surface area contributed by atoms with Crippen LogP contribution in [0.5, 0.6) is 0 Å². The highest BCUT2D eigenvalue weighted by Crippen LogP contribution is 2.17. The number of pyridine rings is 2. The van der Waals surface area contributed by atoms with Crippen molar-refractivity contribution in [2.45, 2.75) is 20.0 Å². The van der Waals surface area contributed by atoms with E-state index in [1.54, 1.807) is 36.7 Å². The predicted octanol–water partition coefficient (Wildman–Crippen LogP) is 3.00. The molecule has 0 aliphatic rings. The summed E-state index contributed by atoms with van der Waals surface area (Å²) in [5.74, 6) is -0.422. The normalized spacial score (nSPS) is 10.8. The van der Waals surface area contributed by atoms with Gasteiger partial charge in [-0.05, 0) is 37.3 Å². The highest BCUT2D eigenvalue weighted by atomic mass is 35.5. The molecule has 0 atom stereocenters. The summed E-state index contributed by atoms with van der Waals surface area (Å²) in [7, 11) is 0. The van der Waals surface area contributed by atoms with Crippen molar-refractivity contribution in [2.75, 3.05) is 0 Å². The first kappa shape index (κ1) is 16.2. The fourth-order valence-corrected chi connectivity index (χ4v) is 2.73. The number of aromatic nitrogens is 2. The quantitative estimate of drug-likeness (QED) is 0.793. The van der Waals surface area contributed by atoms with E-state index in [9.17, 15) is 9.59 Å². The molecule has 0 fully saturated rings. The van der Waals surface area contributed by atoms with Gasteiger partial charge in [-0.15, -0.1) is 0 Å². The molecule has 122 valence electrons. The van der Waals surface area contributed by atoms with Crippen molar-refractivity contribution in [1.82, 2.24) is 14.9 Å². The molecule has 0 spiro atoms. The highest BCUT2D eigenvalue weighted by Gasteiger charge is 2.15. The monoisotopic (exact) mass is 341 g/mol. The number of carbonyl (C=O) groups excluding carboxylic acids is 1. The molecule has 24 heavy (non-hydrogen) atoms. The third kappa shape index (κ3) is 3.16. The molecule has 1 amide bonds. The zero-order valence-corrected chi connectivity index (χ0v) is 13.9. The van der Waals surface area contributed by atoms with E-state index in [0.29, 0.717) is 17.0 Å². The van der Waals surface area contributed by atoms with Gasteiger partial charge in [0.2, 0.25) is 5.43 Å². The molecule has 1 aromatic carbocycles. The van der Waals surface area contributed by atoms with Gasteiger partial charge in [-0.25, -0.2) is 0 Å². The predicted molar refractivity (Wildman–Crippen MR) is 94.3 cm³/mol. The van der Waals surface area contributed by atoms with Crippen LogP contribution in [0.2, 0.25) is 5.02 Å². The van der Waals surface area contributed by atoms with Gasteiger partial charge < -0.3 is 9.88 Å². The van der Waals surface area contributed by atoms with E-state index < -0.39 is 5.91 Å². The molecule has 3 aromatic rings. The standard InChI is InChI=1S/C18H16ClN3O2/c1-2-22-11-15(17(23)14-9-12(19)6-7-16(14)22)18(24)21-10-13-5-3-4-8-20-13/h3-9,11H,2,10H2,1H3,(H,21,24). The molecule has 0 radical (unpaired) electrons.